The average Bonchev–Trinajstić information content (AvgIpc) is 1.85. The molecule has 3 heteroatoms. The molecule has 0 amide bonds. The van der Waals surface area contributed by atoms with Crippen LogP contribution in [-0.2, 0) is 0 Å². The van der Waals surface area contributed by atoms with Gasteiger partial charge >= 0.3 is 0 Å². The van der Waals surface area contributed by atoms with Crippen LogP contribution in [0.4, 0.5) is 4.39 Å². The Kier molecular flexibility index (Phi) is 2.84. The fourth-order valence-electron chi connectivity index (χ4n) is 0.910. The van der Waals surface area contributed by atoms with Gasteiger partial charge in [-0.1, -0.05) is 6.07 Å². The van der Waals surface area contributed by atoms with Crippen molar-refractivity contribution in [2.75, 3.05) is 0 Å². The number of aliphatic hydroxyl groups excluding tert-OH is 1. The number of hydrogen-bond acceptors (Lipinski definition) is 1. The Balaban J connectivity index is 3.21. The van der Waals surface area contributed by atoms with Gasteiger partial charge in [-0.25, -0.2) is 4.39 Å². The normalized spacial score (nSPS) is 13.1. The molecule has 11 heavy (non-hydrogen) atoms. The quantitative estimate of drug-likeness (QED) is 0.774. The van der Waals surface area contributed by atoms with E-state index in [1.165, 1.54) is 6.07 Å². The van der Waals surface area contributed by atoms with Crippen LogP contribution in [0.2, 0.25) is 0 Å². The van der Waals surface area contributed by atoms with E-state index in [1.807, 2.05) is 22.6 Å². The molecule has 0 bridgehead atoms. The highest BCUT2D eigenvalue weighted by Crippen LogP contribution is 2.22. The minimum atomic E-state index is -0.733. The van der Waals surface area contributed by atoms with Gasteiger partial charge in [-0.15, -0.1) is 0 Å². The van der Waals surface area contributed by atoms with Crippen molar-refractivity contribution in [3.63, 3.8) is 0 Å². The monoisotopic (exact) mass is 266 g/mol. The molecule has 1 unspecified atom stereocenters. The summed E-state index contributed by atoms with van der Waals surface area (Å²) in [5, 5.41) is 9.14. The standard InChI is InChI=1S/C8H8FIO/c1-5(11)8-6(9)3-2-4-7(8)10/h2-5,11H,1H3. The zero-order valence-corrected chi connectivity index (χ0v) is 8.17. The van der Waals surface area contributed by atoms with Crippen LogP contribution >= 0.6 is 22.6 Å². The van der Waals surface area contributed by atoms with Crippen LogP contribution in [0.5, 0.6) is 0 Å². The van der Waals surface area contributed by atoms with Gasteiger partial charge in [0.25, 0.3) is 0 Å². The third-order valence-corrected chi connectivity index (χ3v) is 2.36. The van der Waals surface area contributed by atoms with Crippen molar-refractivity contribution in [2.45, 2.75) is 13.0 Å². The first-order chi connectivity index (χ1) is 5.13. The van der Waals surface area contributed by atoms with Gasteiger partial charge in [0.05, 0.1) is 6.10 Å². The highest BCUT2D eigenvalue weighted by molar-refractivity contribution is 14.1. The molecule has 0 aliphatic rings. The summed E-state index contributed by atoms with van der Waals surface area (Å²) in [5.74, 6) is -0.341. The van der Waals surface area contributed by atoms with Gasteiger partial charge in [0, 0.05) is 9.13 Å². The van der Waals surface area contributed by atoms with E-state index in [4.69, 9.17) is 5.11 Å². The molecule has 0 fully saturated rings. The molecule has 0 aliphatic carbocycles. The number of aliphatic hydroxyl groups is 1. The lowest BCUT2D eigenvalue weighted by molar-refractivity contribution is 0.193. The maximum absolute atomic E-state index is 12.9. The molecule has 1 atom stereocenters. The van der Waals surface area contributed by atoms with Crippen molar-refractivity contribution < 1.29 is 9.50 Å². The van der Waals surface area contributed by atoms with Crippen LogP contribution in [-0.4, -0.2) is 5.11 Å². The second kappa shape index (κ2) is 3.49. The van der Waals surface area contributed by atoms with Gasteiger partial charge in [-0.2, -0.15) is 0 Å². The summed E-state index contributed by atoms with van der Waals surface area (Å²) in [6.07, 6.45) is -0.733. The smallest absolute Gasteiger partial charge is 0.130 e. The molecular formula is C8H8FIO. The Morgan fingerprint density at radius 1 is 1.55 bits per heavy atom. The third-order valence-electron chi connectivity index (χ3n) is 1.42. The molecule has 0 saturated carbocycles. The predicted octanol–water partition coefficient (Wildman–Crippen LogP) is 2.48. The number of hydrogen-bond donors (Lipinski definition) is 1. The van der Waals surface area contributed by atoms with E-state index in [0.717, 1.165) is 3.57 Å². The van der Waals surface area contributed by atoms with E-state index in [-0.39, 0.29) is 5.82 Å². The zero-order chi connectivity index (χ0) is 8.43. The molecule has 0 aliphatic heterocycles. The molecular weight excluding hydrogens is 258 g/mol. The molecule has 0 saturated heterocycles. The molecule has 0 heterocycles. The lowest BCUT2D eigenvalue weighted by atomic mass is 10.1. The minimum Gasteiger partial charge on any atom is -0.389 e. The van der Waals surface area contributed by atoms with Gasteiger partial charge in [-0.3, -0.25) is 0 Å². The summed E-state index contributed by atoms with van der Waals surface area (Å²) in [4.78, 5) is 0. The maximum atomic E-state index is 12.9. The van der Waals surface area contributed by atoms with Gasteiger partial charge in [0.1, 0.15) is 5.82 Å². The molecule has 60 valence electrons. The van der Waals surface area contributed by atoms with Crippen molar-refractivity contribution in [3.8, 4) is 0 Å². The summed E-state index contributed by atoms with van der Waals surface area (Å²) in [6.45, 7) is 1.56. The largest absolute Gasteiger partial charge is 0.389 e. The summed E-state index contributed by atoms with van der Waals surface area (Å²) >= 11 is 2.00. The second-order valence-electron chi connectivity index (χ2n) is 2.31. The highest BCUT2D eigenvalue weighted by Gasteiger charge is 2.10. The van der Waals surface area contributed by atoms with E-state index in [9.17, 15) is 4.39 Å². The Labute approximate surface area is 78.4 Å². The molecule has 0 radical (unpaired) electrons. The lowest BCUT2D eigenvalue weighted by Crippen LogP contribution is -1.98. The fourth-order valence-corrected chi connectivity index (χ4v) is 1.83. The Hall–Kier alpha value is -0.160. The van der Waals surface area contributed by atoms with E-state index >= 15 is 0 Å². The third kappa shape index (κ3) is 1.90. The van der Waals surface area contributed by atoms with E-state index in [2.05, 4.69) is 0 Å². The topological polar surface area (TPSA) is 20.2 Å². The summed E-state index contributed by atoms with van der Waals surface area (Å²) in [6, 6.07) is 4.75. The van der Waals surface area contributed by atoms with Crippen molar-refractivity contribution in [2.24, 2.45) is 0 Å². The van der Waals surface area contributed by atoms with Crippen molar-refractivity contribution in [1.29, 1.82) is 0 Å². The SMILES string of the molecule is CC(O)c1c(F)cccc1I. The van der Waals surface area contributed by atoms with Crippen LogP contribution in [0.25, 0.3) is 0 Å². The van der Waals surface area contributed by atoms with Crippen molar-refractivity contribution >= 4 is 22.6 Å². The fraction of sp³-hybridized carbons (Fsp3) is 0.250. The number of halogens is 2. The van der Waals surface area contributed by atoms with Crippen LogP contribution in [0.3, 0.4) is 0 Å². The van der Waals surface area contributed by atoms with Crippen molar-refractivity contribution in [1.82, 2.24) is 0 Å². The van der Waals surface area contributed by atoms with E-state index in [1.54, 1.807) is 19.1 Å². The van der Waals surface area contributed by atoms with Crippen LogP contribution in [0.1, 0.15) is 18.6 Å². The van der Waals surface area contributed by atoms with E-state index < -0.39 is 6.10 Å². The average molecular weight is 266 g/mol. The maximum Gasteiger partial charge on any atom is 0.130 e. The molecule has 1 rings (SSSR count). The van der Waals surface area contributed by atoms with Gasteiger partial charge in [-0.05, 0) is 41.6 Å². The Bertz CT molecular complexity index is 240. The van der Waals surface area contributed by atoms with Gasteiger partial charge in [0.15, 0.2) is 0 Å². The predicted molar refractivity (Wildman–Crippen MR) is 49.8 cm³/mol. The molecule has 1 aromatic rings. The first-order valence-electron chi connectivity index (χ1n) is 3.25. The number of benzene rings is 1. The molecule has 1 nitrogen and oxygen atoms in total. The highest BCUT2D eigenvalue weighted by atomic mass is 127. The molecule has 0 spiro atoms. The minimum absolute atomic E-state index is 0.341. The first kappa shape index (κ1) is 8.93. The zero-order valence-electron chi connectivity index (χ0n) is 6.01. The first-order valence-corrected chi connectivity index (χ1v) is 4.32. The van der Waals surface area contributed by atoms with Gasteiger partial charge < -0.3 is 5.11 Å². The number of rotatable bonds is 1. The van der Waals surface area contributed by atoms with E-state index in [0.29, 0.717) is 5.56 Å². The Morgan fingerprint density at radius 2 is 2.18 bits per heavy atom. The van der Waals surface area contributed by atoms with Crippen molar-refractivity contribution in [3.05, 3.63) is 33.1 Å². The lowest BCUT2D eigenvalue weighted by Gasteiger charge is -2.07. The van der Waals surface area contributed by atoms with Gasteiger partial charge in [0.2, 0.25) is 0 Å². The molecule has 1 aromatic carbocycles. The van der Waals surface area contributed by atoms with Crippen LogP contribution in [0.15, 0.2) is 18.2 Å². The molecule has 1 N–H and O–H groups in total. The summed E-state index contributed by atoms with van der Waals surface area (Å²) < 4.78 is 13.7. The summed E-state index contributed by atoms with van der Waals surface area (Å²) in [5.41, 5.74) is 0.383. The van der Waals surface area contributed by atoms with Crippen LogP contribution < -0.4 is 0 Å². The Morgan fingerprint density at radius 3 is 2.55 bits per heavy atom. The summed E-state index contributed by atoms with van der Waals surface area (Å²) in [7, 11) is 0. The molecule has 0 aromatic heterocycles. The second-order valence-corrected chi connectivity index (χ2v) is 3.47. The van der Waals surface area contributed by atoms with Crippen LogP contribution in [0, 0.1) is 9.39 Å².